The third kappa shape index (κ3) is 1.24. The van der Waals surface area contributed by atoms with E-state index in [4.69, 9.17) is 5.21 Å². The zero-order valence-corrected chi connectivity index (χ0v) is 9.25. The van der Waals surface area contributed by atoms with Crippen LogP contribution in [-0.2, 0) is 6.42 Å². The zero-order chi connectivity index (χ0) is 11.1. The first-order valence-corrected chi connectivity index (χ1v) is 5.62. The molecule has 0 saturated carbocycles. The zero-order valence-electron chi connectivity index (χ0n) is 9.25. The van der Waals surface area contributed by atoms with E-state index in [1.807, 2.05) is 0 Å². The number of nitrogens with zero attached hydrogens (tertiary/aromatic N) is 1. The summed E-state index contributed by atoms with van der Waals surface area (Å²) in [5.74, 6) is 0. The highest BCUT2D eigenvalue weighted by Gasteiger charge is 2.20. The van der Waals surface area contributed by atoms with Crippen LogP contribution in [0.2, 0.25) is 0 Å². The van der Waals surface area contributed by atoms with Crippen molar-refractivity contribution in [3.63, 3.8) is 0 Å². The third-order valence-corrected chi connectivity index (χ3v) is 3.31. The Hall–Kier alpha value is -1.77. The van der Waals surface area contributed by atoms with Crippen molar-refractivity contribution in [1.82, 2.24) is 4.98 Å². The second kappa shape index (κ2) is 3.37. The standard InChI is InChI=1S/C13H14N2O/c1-8-5-6-11-10(7-8)9-3-2-4-12(15-16)13(9)14-11/h5-7,14,16H,2-4H2,1H3. The van der Waals surface area contributed by atoms with Gasteiger partial charge in [-0.3, -0.25) is 0 Å². The topological polar surface area (TPSA) is 48.4 Å². The van der Waals surface area contributed by atoms with Crippen LogP contribution in [0.15, 0.2) is 23.4 Å². The number of benzene rings is 1. The van der Waals surface area contributed by atoms with Gasteiger partial charge in [0.25, 0.3) is 0 Å². The van der Waals surface area contributed by atoms with E-state index in [1.165, 1.54) is 16.5 Å². The average molecular weight is 214 g/mol. The van der Waals surface area contributed by atoms with Gasteiger partial charge in [-0.1, -0.05) is 16.8 Å². The molecule has 0 unspecified atom stereocenters. The monoisotopic (exact) mass is 214 g/mol. The van der Waals surface area contributed by atoms with Crippen LogP contribution < -0.4 is 0 Å². The lowest BCUT2D eigenvalue weighted by Gasteiger charge is -2.12. The molecular weight excluding hydrogens is 200 g/mol. The van der Waals surface area contributed by atoms with E-state index >= 15 is 0 Å². The lowest BCUT2D eigenvalue weighted by Crippen LogP contribution is -2.10. The van der Waals surface area contributed by atoms with Crippen LogP contribution in [0.4, 0.5) is 0 Å². The molecule has 0 amide bonds. The van der Waals surface area contributed by atoms with Crippen molar-refractivity contribution in [3.8, 4) is 0 Å². The Balaban J connectivity index is 2.33. The van der Waals surface area contributed by atoms with E-state index in [1.54, 1.807) is 0 Å². The minimum absolute atomic E-state index is 0.787. The summed E-state index contributed by atoms with van der Waals surface area (Å²) in [5, 5.41) is 13.7. The van der Waals surface area contributed by atoms with Gasteiger partial charge in [-0.15, -0.1) is 0 Å². The van der Waals surface area contributed by atoms with Gasteiger partial charge in [-0.05, 0) is 43.9 Å². The summed E-state index contributed by atoms with van der Waals surface area (Å²) < 4.78 is 0. The Kier molecular flexibility index (Phi) is 1.99. The summed E-state index contributed by atoms with van der Waals surface area (Å²) in [6.07, 6.45) is 2.99. The van der Waals surface area contributed by atoms with Crippen LogP contribution in [0.1, 0.15) is 29.7 Å². The van der Waals surface area contributed by atoms with Crippen LogP contribution in [0.3, 0.4) is 0 Å². The van der Waals surface area contributed by atoms with Crippen LogP contribution in [0.25, 0.3) is 10.9 Å². The summed E-state index contributed by atoms with van der Waals surface area (Å²) in [4.78, 5) is 3.35. The molecule has 16 heavy (non-hydrogen) atoms. The van der Waals surface area contributed by atoms with Gasteiger partial charge in [0.1, 0.15) is 5.71 Å². The van der Waals surface area contributed by atoms with Crippen LogP contribution in [0, 0.1) is 6.92 Å². The highest BCUT2D eigenvalue weighted by Crippen LogP contribution is 2.29. The molecular formula is C13H14N2O. The fourth-order valence-corrected chi connectivity index (χ4v) is 2.53. The van der Waals surface area contributed by atoms with E-state index in [9.17, 15) is 0 Å². The molecule has 2 N–H and O–H groups in total. The molecule has 0 saturated heterocycles. The van der Waals surface area contributed by atoms with Crippen LogP contribution >= 0.6 is 0 Å². The SMILES string of the molecule is Cc1ccc2[nH]c3c(c2c1)CCCC3=NO. The quantitative estimate of drug-likeness (QED) is 0.514. The maximum absolute atomic E-state index is 8.99. The first kappa shape index (κ1) is 9.46. The van der Waals surface area contributed by atoms with Crippen molar-refractivity contribution in [3.05, 3.63) is 35.0 Å². The molecule has 3 rings (SSSR count). The highest BCUT2D eigenvalue weighted by atomic mass is 16.4. The van der Waals surface area contributed by atoms with E-state index < -0.39 is 0 Å². The Bertz CT molecular complexity index is 581. The molecule has 2 aromatic rings. The largest absolute Gasteiger partial charge is 0.411 e. The molecule has 82 valence electrons. The fraction of sp³-hybridized carbons (Fsp3) is 0.308. The number of nitrogens with one attached hydrogen (secondary N) is 1. The minimum atomic E-state index is 0.787. The normalized spacial score (nSPS) is 17.9. The molecule has 1 heterocycles. The molecule has 0 spiro atoms. The highest BCUT2D eigenvalue weighted by molar-refractivity contribution is 6.06. The molecule has 3 nitrogen and oxygen atoms in total. The van der Waals surface area contributed by atoms with Gasteiger partial charge in [0.2, 0.25) is 0 Å². The van der Waals surface area contributed by atoms with Crippen molar-refractivity contribution in [2.24, 2.45) is 5.16 Å². The van der Waals surface area contributed by atoms with E-state index in [2.05, 4.69) is 35.3 Å². The second-order valence-corrected chi connectivity index (χ2v) is 4.43. The van der Waals surface area contributed by atoms with E-state index in [0.29, 0.717) is 0 Å². The summed E-state index contributed by atoms with van der Waals surface area (Å²) in [6.45, 7) is 2.10. The summed E-state index contributed by atoms with van der Waals surface area (Å²) in [6, 6.07) is 6.39. The lowest BCUT2D eigenvalue weighted by molar-refractivity contribution is 0.317. The summed E-state index contributed by atoms with van der Waals surface area (Å²) in [7, 11) is 0. The van der Waals surface area contributed by atoms with Crippen molar-refractivity contribution in [1.29, 1.82) is 0 Å². The maximum Gasteiger partial charge on any atom is 0.103 e. The molecule has 0 radical (unpaired) electrons. The van der Waals surface area contributed by atoms with Gasteiger partial charge in [-0.2, -0.15) is 0 Å². The van der Waals surface area contributed by atoms with Crippen molar-refractivity contribution in [2.45, 2.75) is 26.2 Å². The van der Waals surface area contributed by atoms with Crippen molar-refractivity contribution >= 4 is 16.6 Å². The summed E-state index contributed by atoms with van der Waals surface area (Å²) in [5.41, 5.74) is 5.52. The number of aryl methyl sites for hydroxylation is 2. The van der Waals surface area contributed by atoms with E-state index in [-0.39, 0.29) is 0 Å². The van der Waals surface area contributed by atoms with Gasteiger partial charge in [0.15, 0.2) is 0 Å². The van der Waals surface area contributed by atoms with Crippen LogP contribution in [0.5, 0.6) is 0 Å². The smallest absolute Gasteiger partial charge is 0.103 e. The number of aromatic amines is 1. The number of rotatable bonds is 0. The first-order valence-electron chi connectivity index (χ1n) is 5.62. The molecule has 1 aromatic carbocycles. The predicted molar refractivity (Wildman–Crippen MR) is 64.3 cm³/mol. The number of aromatic nitrogens is 1. The molecule has 1 aliphatic carbocycles. The molecule has 0 fully saturated rings. The van der Waals surface area contributed by atoms with Gasteiger partial charge < -0.3 is 10.2 Å². The lowest BCUT2D eigenvalue weighted by atomic mass is 9.94. The molecule has 0 atom stereocenters. The average Bonchev–Trinajstić information content (AvgIpc) is 2.67. The summed E-state index contributed by atoms with van der Waals surface area (Å²) >= 11 is 0. The van der Waals surface area contributed by atoms with Gasteiger partial charge in [0, 0.05) is 10.9 Å². The number of H-pyrrole nitrogens is 1. The Morgan fingerprint density at radius 2 is 2.19 bits per heavy atom. The first-order chi connectivity index (χ1) is 7.79. The number of fused-ring (bicyclic) bond motifs is 3. The molecule has 1 aliphatic rings. The van der Waals surface area contributed by atoms with Crippen LogP contribution in [-0.4, -0.2) is 15.9 Å². The van der Waals surface area contributed by atoms with Gasteiger partial charge in [0.05, 0.1) is 5.69 Å². The number of hydrogen-bond acceptors (Lipinski definition) is 2. The third-order valence-electron chi connectivity index (χ3n) is 3.31. The number of hydrogen-bond donors (Lipinski definition) is 2. The van der Waals surface area contributed by atoms with Crippen molar-refractivity contribution in [2.75, 3.05) is 0 Å². The second-order valence-electron chi connectivity index (χ2n) is 4.43. The molecule has 0 aliphatic heterocycles. The minimum Gasteiger partial charge on any atom is -0.411 e. The predicted octanol–water partition coefficient (Wildman–Crippen LogP) is 2.99. The fourth-order valence-electron chi connectivity index (χ4n) is 2.53. The Morgan fingerprint density at radius 3 is 3.00 bits per heavy atom. The molecule has 1 aromatic heterocycles. The molecule has 0 bridgehead atoms. The van der Waals surface area contributed by atoms with Gasteiger partial charge in [-0.25, -0.2) is 0 Å². The van der Waals surface area contributed by atoms with Gasteiger partial charge >= 0.3 is 0 Å². The van der Waals surface area contributed by atoms with E-state index in [0.717, 1.165) is 36.2 Å². The molecule has 3 heteroatoms. The Labute approximate surface area is 93.8 Å². The Morgan fingerprint density at radius 1 is 1.31 bits per heavy atom. The van der Waals surface area contributed by atoms with Crippen molar-refractivity contribution < 1.29 is 5.21 Å². The maximum atomic E-state index is 8.99. The number of oxime groups is 1.